The molecule has 0 aromatic carbocycles. The molecule has 2 bridgehead atoms. The highest BCUT2D eigenvalue weighted by molar-refractivity contribution is 6.21. The fraction of sp³-hybridized carbons (Fsp3) is 0.647. The largest absolute Gasteiger partial charge is 0.468 e. The molecule has 0 aliphatic heterocycles. The second-order valence-electron chi connectivity index (χ2n) is 6.61. The summed E-state index contributed by atoms with van der Waals surface area (Å²) in [4.78, 5) is 75.5. The lowest BCUT2D eigenvalue weighted by atomic mass is 9.48. The molecule has 2 fully saturated rings. The van der Waals surface area contributed by atoms with Gasteiger partial charge in [-0.1, -0.05) is 0 Å². The second kappa shape index (κ2) is 7.09. The molecule has 27 heavy (non-hydrogen) atoms. The number of Topliss-reactive ketones (excluding diaryl/α,β-unsaturated/α-hetero) is 2. The molecule has 2 aliphatic rings. The van der Waals surface area contributed by atoms with Crippen LogP contribution < -0.4 is 0 Å². The van der Waals surface area contributed by atoms with Gasteiger partial charge in [-0.3, -0.25) is 28.8 Å². The monoisotopic (exact) mass is 384 g/mol. The van der Waals surface area contributed by atoms with Gasteiger partial charge in [0, 0.05) is 0 Å². The lowest BCUT2D eigenvalue weighted by Crippen LogP contribution is -2.65. The minimum absolute atomic E-state index is 0.544. The van der Waals surface area contributed by atoms with Gasteiger partial charge in [0.2, 0.25) is 0 Å². The molecule has 4 atom stereocenters. The molecule has 0 aromatic rings. The summed E-state index contributed by atoms with van der Waals surface area (Å²) in [6, 6.07) is 0. The van der Waals surface area contributed by atoms with Crippen LogP contribution in [0.1, 0.15) is 19.3 Å². The number of esters is 4. The van der Waals surface area contributed by atoms with Gasteiger partial charge in [-0.05, 0) is 19.3 Å². The molecule has 0 N–H and O–H groups in total. The Balaban J connectivity index is 2.75. The number of methoxy groups -OCH3 is 4. The minimum atomic E-state index is -2.05. The summed E-state index contributed by atoms with van der Waals surface area (Å²) in [7, 11) is 4.12. The van der Waals surface area contributed by atoms with E-state index in [1.165, 1.54) is 0 Å². The third kappa shape index (κ3) is 2.79. The second-order valence-corrected chi connectivity index (χ2v) is 6.61. The van der Waals surface area contributed by atoms with Gasteiger partial charge in [0.1, 0.15) is 22.7 Å². The Morgan fingerprint density at radius 3 is 1.30 bits per heavy atom. The number of ether oxygens (including phenoxy) is 4. The average Bonchev–Trinajstić information content (AvgIpc) is 2.69. The summed E-state index contributed by atoms with van der Waals surface area (Å²) in [5.41, 5.74) is -4.10. The summed E-state index contributed by atoms with van der Waals surface area (Å²) >= 11 is 0. The van der Waals surface area contributed by atoms with Gasteiger partial charge in [-0.15, -0.1) is 0 Å². The van der Waals surface area contributed by atoms with Gasteiger partial charge in [-0.25, -0.2) is 0 Å². The first-order valence-electron chi connectivity index (χ1n) is 8.06. The van der Waals surface area contributed by atoms with Crippen molar-refractivity contribution < 1.29 is 47.7 Å². The van der Waals surface area contributed by atoms with Gasteiger partial charge >= 0.3 is 23.9 Å². The van der Waals surface area contributed by atoms with Crippen LogP contribution in [-0.4, -0.2) is 63.9 Å². The summed E-state index contributed by atoms with van der Waals surface area (Å²) in [6.45, 7) is 0. The Hall–Kier alpha value is -2.78. The molecule has 10 nitrogen and oxygen atoms in total. The van der Waals surface area contributed by atoms with Crippen LogP contribution in [0.5, 0.6) is 0 Å². The van der Waals surface area contributed by atoms with Crippen LogP contribution in [0.2, 0.25) is 0 Å². The maximum Gasteiger partial charge on any atom is 0.319 e. The number of fused-ring (bicyclic) bond motifs is 2. The molecule has 0 heterocycles. The van der Waals surface area contributed by atoms with Gasteiger partial charge in [0.15, 0.2) is 11.6 Å². The quantitative estimate of drug-likeness (QED) is 0.344. The van der Waals surface area contributed by atoms with E-state index in [4.69, 9.17) is 9.47 Å². The van der Waals surface area contributed by atoms with Crippen molar-refractivity contribution in [3.8, 4) is 0 Å². The van der Waals surface area contributed by atoms with Gasteiger partial charge in [0.05, 0.1) is 28.4 Å². The van der Waals surface area contributed by atoms with E-state index in [0.717, 1.165) is 28.4 Å². The van der Waals surface area contributed by atoms with Crippen LogP contribution in [-0.2, 0) is 47.7 Å². The fourth-order valence-electron chi connectivity index (χ4n) is 4.15. The first kappa shape index (κ1) is 20.5. The lowest BCUT2D eigenvalue weighted by molar-refractivity contribution is -0.188. The first-order chi connectivity index (χ1) is 12.6. The van der Waals surface area contributed by atoms with Gasteiger partial charge < -0.3 is 18.9 Å². The molecule has 0 aromatic heterocycles. The van der Waals surface area contributed by atoms with E-state index >= 15 is 0 Å². The van der Waals surface area contributed by atoms with Crippen LogP contribution in [0.4, 0.5) is 0 Å². The smallest absolute Gasteiger partial charge is 0.319 e. The molecule has 2 rings (SSSR count). The van der Waals surface area contributed by atoms with Crippen LogP contribution in [0.3, 0.4) is 0 Å². The molecule has 10 heteroatoms. The molecule has 2 aliphatic carbocycles. The number of carbonyl (C=O) groups excluding carboxylic acids is 6. The maximum atomic E-state index is 13.1. The molecule has 0 amide bonds. The molecule has 0 spiro atoms. The van der Waals surface area contributed by atoms with E-state index in [0.29, 0.717) is 0 Å². The predicted octanol–water partition coefficient (Wildman–Crippen LogP) is -0.781. The Morgan fingerprint density at radius 1 is 0.704 bits per heavy atom. The third-order valence-electron chi connectivity index (χ3n) is 5.41. The standard InChI is InChI=1S/C17H20O10/c1-24-12(20)8-5-16(14(22)26-3)7-17(10(8)18,15(23)27-4)6-9(11(16)19)13(21)25-2/h8-9H,5-7H2,1-4H3/t8-,9-,16-,17+/m1/s1. The first-order valence-corrected chi connectivity index (χ1v) is 8.06. The zero-order valence-electron chi connectivity index (χ0n) is 15.4. The molecule has 0 saturated heterocycles. The Labute approximate surface area is 154 Å². The maximum absolute atomic E-state index is 13.1. The molecule has 148 valence electrons. The molecular formula is C17H20O10. The van der Waals surface area contributed by atoms with Crippen LogP contribution in [0, 0.1) is 22.7 Å². The molecule has 0 radical (unpaired) electrons. The molecular weight excluding hydrogens is 364 g/mol. The average molecular weight is 384 g/mol. The van der Waals surface area contributed by atoms with Crippen molar-refractivity contribution in [1.29, 1.82) is 0 Å². The zero-order valence-corrected chi connectivity index (χ0v) is 15.4. The predicted molar refractivity (Wildman–Crippen MR) is 83.8 cm³/mol. The van der Waals surface area contributed by atoms with Crippen LogP contribution in [0.15, 0.2) is 0 Å². The lowest BCUT2D eigenvalue weighted by Gasteiger charge is -2.50. The summed E-state index contributed by atoms with van der Waals surface area (Å²) in [6.07, 6.45) is -1.66. The Morgan fingerprint density at radius 2 is 1.04 bits per heavy atom. The van der Waals surface area contributed by atoms with E-state index in [1.54, 1.807) is 0 Å². The van der Waals surface area contributed by atoms with E-state index in [2.05, 4.69) is 9.47 Å². The topological polar surface area (TPSA) is 139 Å². The molecule has 0 unspecified atom stereocenters. The number of carbonyl (C=O) groups is 6. The van der Waals surface area contributed by atoms with Crippen molar-refractivity contribution in [3.05, 3.63) is 0 Å². The van der Waals surface area contributed by atoms with Crippen molar-refractivity contribution >= 4 is 35.4 Å². The van der Waals surface area contributed by atoms with Crippen molar-refractivity contribution in [2.45, 2.75) is 19.3 Å². The highest BCUT2D eigenvalue weighted by Gasteiger charge is 2.71. The van der Waals surface area contributed by atoms with Crippen molar-refractivity contribution in [1.82, 2.24) is 0 Å². The summed E-state index contributed by atoms with van der Waals surface area (Å²) in [5, 5.41) is 0. The highest BCUT2D eigenvalue weighted by Crippen LogP contribution is 2.57. The van der Waals surface area contributed by atoms with Crippen molar-refractivity contribution in [2.24, 2.45) is 22.7 Å². The zero-order chi connectivity index (χ0) is 20.6. The number of hydrogen-bond donors (Lipinski definition) is 0. The number of ketones is 2. The minimum Gasteiger partial charge on any atom is -0.468 e. The Kier molecular flexibility index (Phi) is 5.39. The number of rotatable bonds is 4. The van der Waals surface area contributed by atoms with Crippen molar-refractivity contribution in [2.75, 3.05) is 28.4 Å². The van der Waals surface area contributed by atoms with Crippen molar-refractivity contribution in [3.63, 3.8) is 0 Å². The Bertz CT molecular complexity index is 665. The fourth-order valence-corrected chi connectivity index (χ4v) is 4.15. The number of hydrogen-bond acceptors (Lipinski definition) is 10. The van der Waals surface area contributed by atoms with E-state index in [-0.39, 0.29) is 0 Å². The van der Waals surface area contributed by atoms with E-state index in [9.17, 15) is 28.8 Å². The summed E-state index contributed by atoms with van der Waals surface area (Å²) < 4.78 is 18.7. The highest BCUT2D eigenvalue weighted by atomic mass is 16.5. The SMILES string of the molecule is COC(=O)[C@@H]1C[C@]2(C(=O)OC)C[C@](C(=O)OC)(C[C@@H](C(=O)OC)C2=O)C1=O. The van der Waals surface area contributed by atoms with Crippen LogP contribution in [0.25, 0.3) is 0 Å². The third-order valence-corrected chi connectivity index (χ3v) is 5.41. The normalized spacial score (nSPS) is 32.3. The van der Waals surface area contributed by atoms with Gasteiger partial charge in [-0.2, -0.15) is 0 Å². The van der Waals surface area contributed by atoms with E-state index < -0.39 is 77.4 Å². The summed E-state index contributed by atoms with van der Waals surface area (Å²) in [5.74, 6) is -8.90. The van der Waals surface area contributed by atoms with E-state index in [1.807, 2.05) is 0 Å². The van der Waals surface area contributed by atoms with Gasteiger partial charge in [0.25, 0.3) is 0 Å². The van der Waals surface area contributed by atoms with Crippen LogP contribution >= 0.6 is 0 Å². The molecule has 2 saturated carbocycles.